The standard InChI is InChI=1S/C15H15N3O2/c1-10-16-9-14-15(20-3)17-8-13(18(10)14)11-4-6-12(19-2)7-5-11/h4-9H,1-3H3. The van der Waals surface area contributed by atoms with Crippen LogP contribution in [0.15, 0.2) is 36.7 Å². The predicted molar refractivity (Wildman–Crippen MR) is 76.3 cm³/mol. The van der Waals surface area contributed by atoms with Crippen molar-refractivity contribution in [2.24, 2.45) is 0 Å². The van der Waals surface area contributed by atoms with Crippen molar-refractivity contribution in [1.29, 1.82) is 0 Å². The van der Waals surface area contributed by atoms with Crippen molar-refractivity contribution in [2.45, 2.75) is 6.92 Å². The van der Waals surface area contributed by atoms with Crippen molar-refractivity contribution in [1.82, 2.24) is 14.4 Å². The van der Waals surface area contributed by atoms with E-state index < -0.39 is 0 Å². The number of nitrogens with zero attached hydrogens (tertiary/aromatic N) is 3. The average Bonchev–Trinajstić information content (AvgIpc) is 2.89. The lowest BCUT2D eigenvalue weighted by Crippen LogP contribution is -1.99. The number of ether oxygens (including phenoxy) is 2. The average molecular weight is 269 g/mol. The summed E-state index contributed by atoms with van der Waals surface area (Å²) < 4.78 is 12.5. The number of aromatic nitrogens is 3. The predicted octanol–water partition coefficient (Wildman–Crippen LogP) is 2.72. The molecule has 0 atom stereocenters. The first-order chi connectivity index (χ1) is 9.74. The second-order valence-corrected chi connectivity index (χ2v) is 4.41. The first-order valence-electron chi connectivity index (χ1n) is 6.26. The van der Waals surface area contributed by atoms with Gasteiger partial charge in [0, 0.05) is 5.56 Å². The highest BCUT2D eigenvalue weighted by Crippen LogP contribution is 2.27. The quantitative estimate of drug-likeness (QED) is 0.733. The van der Waals surface area contributed by atoms with E-state index in [1.165, 1.54) is 0 Å². The Morgan fingerprint density at radius 3 is 2.35 bits per heavy atom. The van der Waals surface area contributed by atoms with Gasteiger partial charge in [-0.25, -0.2) is 9.97 Å². The minimum absolute atomic E-state index is 0.572. The fourth-order valence-corrected chi connectivity index (χ4v) is 2.27. The van der Waals surface area contributed by atoms with Gasteiger partial charge in [-0.1, -0.05) is 0 Å². The van der Waals surface area contributed by atoms with Crippen molar-refractivity contribution in [2.75, 3.05) is 14.2 Å². The van der Waals surface area contributed by atoms with Crippen LogP contribution in [0.3, 0.4) is 0 Å². The van der Waals surface area contributed by atoms with Gasteiger partial charge in [-0.15, -0.1) is 0 Å². The molecule has 0 spiro atoms. The van der Waals surface area contributed by atoms with Gasteiger partial charge in [0.05, 0.1) is 32.3 Å². The van der Waals surface area contributed by atoms with Crippen molar-refractivity contribution >= 4 is 5.52 Å². The van der Waals surface area contributed by atoms with E-state index in [2.05, 4.69) is 9.97 Å². The summed E-state index contributed by atoms with van der Waals surface area (Å²) in [6, 6.07) is 7.86. The largest absolute Gasteiger partial charge is 0.497 e. The molecule has 0 radical (unpaired) electrons. The van der Waals surface area contributed by atoms with Gasteiger partial charge in [-0.05, 0) is 31.2 Å². The van der Waals surface area contributed by atoms with Gasteiger partial charge in [0.15, 0.2) is 0 Å². The lowest BCUT2D eigenvalue weighted by atomic mass is 10.1. The van der Waals surface area contributed by atoms with Crippen LogP contribution in [-0.2, 0) is 0 Å². The van der Waals surface area contributed by atoms with Gasteiger partial charge in [-0.3, -0.25) is 4.40 Å². The van der Waals surface area contributed by atoms with E-state index in [9.17, 15) is 0 Å². The molecule has 0 fully saturated rings. The molecule has 2 heterocycles. The van der Waals surface area contributed by atoms with Gasteiger partial charge in [0.1, 0.15) is 17.1 Å². The number of imidazole rings is 1. The van der Waals surface area contributed by atoms with Crippen molar-refractivity contribution < 1.29 is 9.47 Å². The highest BCUT2D eigenvalue weighted by molar-refractivity contribution is 5.68. The molecule has 1 aromatic carbocycles. The monoisotopic (exact) mass is 269 g/mol. The van der Waals surface area contributed by atoms with Gasteiger partial charge < -0.3 is 9.47 Å². The summed E-state index contributed by atoms with van der Waals surface area (Å²) in [7, 11) is 3.26. The molecule has 0 bridgehead atoms. The summed E-state index contributed by atoms with van der Waals surface area (Å²) in [4.78, 5) is 8.69. The maximum Gasteiger partial charge on any atom is 0.239 e. The van der Waals surface area contributed by atoms with Crippen LogP contribution in [0.5, 0.6) is 11.6 Å². The zero-order chi connectivity index (χ0) is 14.1. The molecular formula is C15H15N3O2. The molecule has 0 unspecified atom stereocenters. The van der Waals surface area contributed by atoms with Gasteiger partial charge in [-0.2, -0.15) is 0 Å². The molecule has 0 N–H and O–H groups in total. The van der Waals surface area contributed by atoms with Crippen LogP contribution in [0.25, 0.3) is 16.8 Å². The third-order valence-corrected chi connectivity index (χ3v) is 3.28. The lowest BCUT2D eigenvalue weighted by molar-refractivity contribution is 0.401. The van der Waals surface area contributed by atoms with Crippen LogP contribution < -0.4 is 9.47 Å². The van der Waals surface area contributed by atoms with Crippen molar-refractivity contribution in [3.8, 4) is 22.9 Å². The number of hydrogen-bond acceptors (Lipinski definition) is 4. The number of aryl methyl sites for hydroxylation is 1. The van der Waals surface area contributed by atoms with Crippen molar-refractivity contribution in [3.05, 3.63) is 42.5 Å². The number of methoxy groups -OCH3 is 2. The van der Waals surface area contributed by atoms with Crippen LogP contribution in [-0.4, -0.2) is 28.6 Å². The minimum atomic E-state index is 0.572. The molecule has 3 aromatic rings. The van der Waals surface area contributed by atoms with Crippen molar-refractivity contribution in [3.63, 3.8) is 0 Å². The summed E-state index contributed by atoms with van der Waals surface area (Å²) >= 11 is 0. The Bertz CT molecular complexity index is 748. The van der Waals surface area contributed by atoms with E-state index in [0.29, 0.717) is 5.88 Å². The van der Waals surface area contributed by atoms with Crippen LogP contribution in [0.1, 0.15) is 5.82 Å². The fraction of sp³-hybridized carbons (Fsp3) is 0.200. The van der Waals surface area contributed by atoms with Crippen LogP contribution >= 0.6 is 0 Å². The number of hydrogen-bond donors (Lipinski definition) is 0. The maximum absolute atomic E-state index is 5.28. The normalized spacial score (nSPS) is 10.8. The Morgan fingerprint density at radius 1 is 0.950 bits per heavy atom. The van der Waals surface area contributed by atoms with E-state index in [4.69, 9.17) is 9.47 Å². The molecule has 0 saturated carbocycles. The van der Waals surface area contributed by atoms with Gasteiger partial charge in [0.25, 0.3) is 0 Å². The molecular weight excluding hydrogens is 254 g/mol. The van der Waals surface area contributed by atoms with E-state index in [-0.39, 0.29) is 0 Å². The Balaban J connectivity index is 2.22. The zero-order valence-corrected chi connectivity index (χ0v) is 11.6. The van der Waals surface area contributed by atoms with E-state index >= 15 is 0 Å². The van der Waals surface area contributed by atoms with Gasteiger partial charge in [0.2, 0.25) is 5.88 Å². The smallest absolute Gasteiger partial charge is 0.239 e. The number of fused-ring (bicyclic) bond motifs is 1. The molecule has 0 aliphatic carbocycles. The van der Waals surface area contributed by atoms with Gasteiger partial charge >= 0.3 is 0 Å². The Kier molecular flexibility index (Phi) is 3.02. The topological polar surface area (TPSA) is 48.7 Å². The molecule has 0 aliphatic rings. The molecule has 20 heavy (non-hydrogen) atoms. The molecule has 2 aromatic heterocycles. The fourth-order valence-electron chi connectivity index (χ4n) is 2.27. The summed E-state index contributed by atoms with van der Waals surface area (Å²) in [6.45, 7) is 1.96. The molecule has 3 rings (SSSR count). The maximum atomic E-state index is 5.28. The van der Waals surface area contributed by atoms with E-state index in [1.54, 1.807) is 26.6 Å². The van der Waals surface area contributed by atoms with Crippen LogP contribution in [0.2, 0.25) is 0 Å². The second-order valence-electron chi connectivity index (χ2n) is 4.41. The SMILES string of the molecule is COc1ccc(-c2cnc(OC)c3cnc(C)n23)cc1. The van der Waals surface area contributed by atoms with Crippen LogP contribution in [0, 0.1) is 6.92 Å². The molecule has 5 heteroatoms. The first-order valence-corrected chi connectivity index (χ1v) is 6.26. The minimum Gasteiger partial charge on any atom is -0.497 e. The third-order valence-electron chi connectivity index (χ3n) is 3.28. The Hall–Kier alpha value is -2.56. The number of rotatable bonds is 3. The summed E-state index contributed by atoms with van der Waals surface area (Å²) in [5, 5.41) is 0. The van der Waals surface area contributed by atoms with Crippen LogP contribution in [0.4, 0.5) is 0 Å². The lowest BCUT2D eigenvalue weighted by Gasteiger charge is -2.10. The molecule has 0 saturated heterocycles. The highest BCUT2D eigenvalue weighted by Gasteiger charge is 2.12. The zero-order valence-electron chi connectivity index (χ0n) is 11.6. The van der Waals surface area contributed by atoms with E-state index in [0.717, 1.165) is 28.3 Å². The molecule has 5 nitrogen and oxygen atoms in total. The highest BCUT2D eigenvalue weighted by atomic mass is 16.5. The molecule has 102 valence electrons. The molecule has 0 aliphatic heterocycles. The molecule has 0 amide bonds. The van der Waals surface area contributed by atoms with E-state index in [1.807, 2.05) is 35.6 Å². The second kappa shape index (κ2) is 4.85. The summed E-state index contributed by atoms with van der Waals surface area (Å²) in [5.41, 5.74) is 2.88. The number of benzene rings is 1. The Morgan fingerprint density at radius 2 is 1.70 bits per heavy atom. The first kappa shape index (κ1) is 12.5. The summed E-state index contributed by atoms with van der Waals surface area (Å²) in [6.07, 6.45) is 3.57. The third kappa shape index (κ3) is 1.87. The Labute approximate surface area is 116 Å². The summed E-state index contributed by atoms with van der Waals surface area (Å²) in [5.74, 6) is 2.29.